The third-order valence-electron chi connectivity index (χ3n) is 3.63. The molecule has 0 spiro atoms. The molecule has 1 aliphatic rings. The van der Waals surface area contributed by atoms with Crippen LogP contribution in [0.1, 0.15) is 26.2 Å². The summed E-state index contributed by atoms with van der Waals surface area (Å²) in [6.45, 7) is 2.15. The maximum Gasteiger partial charge on any atom is 0.227 e. The average Bonchev–Trinajstić information content (AvgIpc) is 2.78. The molecule has 1 fully saturated rings. The van der Waals surface area contributed by atoms with Crippen LogP contribution in [0.4, 0.5) is 5.69 Å². The average molecular weight is 312 g/mol. The Kier molecular flexibility index (Phi) is 4.27. The van der Waals surface area contributed by atoms with E-state index in [1.165, 1.54) is 0 Å². The first kappa shape index (κ1) is 13.4. The number of anilines is 1. The molecule has 18 heavy (non-hydrogen) atoms. The van der Waals surface area contributed by atoms with Crippen LogP contribution in [0.3, 0.4) is 0 Å². The van der Waals surface area contributed by atoms with Crippen LogP contribution in [-0.4, -0.2) is 13.0 Å². The predicted molar refractivity (Wildman–Crippen MR) is 75.8 cm³/mol. The number of carbonyl (C=O) groups excluding carboxylic acids is 1. The maximum atomic E-state index is 12.2. The number of benzene rings is 1. The van der Waals surface area contributed by atoms with Crippen LogP contribution in [-0.2, 0) is 4.79 Å². The lowest BCUT2D eigenvalue weighted by atomic mass is 9.97. The van der Waals surface area contributed by atoms with Crippen molar-refractivity contribution >= 4 is 27.5 Å². The highest BCUT2D eigenvalue weighted by atomic mass is 79.9. The zero-order valence-corrected chi connectivity index (χ0v) is 12.3. The van der Waals surface area contributed by atoms with Gasteiger partial charge in [0, 0.05) is 16.5 Å². The highest BCUT2D eigenvalue weighted by molar-refractivity contribution is 9.10. The second-order valence-electron chi connectivity index (χ2n) is 4.85. The largest absolute Gasteiger partial charge is 0.497 e. The number of rotatable bonds is 3. The third kappa shape index (κ3) is 2.86. The van der Waals surface area contributed by atoms with Gasteiger partial charge in [-0.05, 0) is 46.8 Å². The van der Waals surface area contributed by atoms with Gasteiger partial charge in [0.05, 0.1) is 12.8 Å². The van der Waals surface area contributed by atoms with Crippen LogP contribution >= 0.6 is 15.9 Å². The smallest absolute Gasteiger partial charge is 0.227 e. The third-order valence-corrected chi connectivity index (χ3v) is 4.32. The van der Waals surface area contributed by atoms with Gasteiger partial charge < -0.3 is 10.1 Å². The second-order valence-corrected chi connectivity index (χ2v) is 5.70. The van der Waals surface area contributed by atoms with Gasteiger partial charge in [-0.15, -0.1) is 0 Å². The van der Waals surface area contributed by atoms with Crippen molar-refractivity contribution in [1.29, 1.82) is 0 Å². The van der Waals surface area contributed by atoms with Crippen molar-refractivity contribution in [3.63, 3.8) is 0 Å². The Hall–Kier alpha value is -1.03. The first-order valence-corrected chi connectivity index (χ1v) is 7.05. The van der Waals surface area contributed by atoms with Gasteiger partial charge in [-0.2, -0.15) is 0 Å². The molecule has 0 bridgehead atoms. The monoisotopic (exact) mass is 311 g/mol. The van der Waals surface area contributed by atoms with E-state index in [0.29, 0.717) is 5.92 Å². The van der Waals surface area contributed by atoms with Crippen molar-refractivity contribution in [3.8, 4) is 5.75 Å². The van der Waals surface area contributed by atoms with Crippen LogP contribution < -0.4 is 10.1 Å². The van der Waals surface area contributed by atoms with Gasteiger partial charge in [-0.1, -0.05) is 13.3 Å². The molecule has 1 amide bonds. The van der Waals surface area contributed by atoms with Crippen LogP contribution in [0, 0.1) is 11.8 Å². The van der Waals surface area contributed by atoms with Crippen molar-refractivity contribution in [2.24, 2.45) is 11.8 Å². The molecule has 1 aliphatic carbocycles. The van der Waals surface area contributed by atoms with Crippen LogP contribution in [0.5, 0.6) is 5.75 Å². The fourth-order valence-electron chi connectivity index (χ4n) is 2.49. The predicted octanol–water partition coefficient (Wildman–Crippen LogP) is 3.83. The Morgan fingerprint density at radius 1 is 1.44 bits per heavy atom. The van der Waals surface area contributed by atoms with E-state index < -0.39 is 0 Å². The SMILES string of the molecule is COc1ccc(Br)c(NC(=O)C2CCCC2C)c1. The quantitative estimate of drug-likeness (QED) is 0.921. The van der Waals surface area contributed by atoms with Crippen molar-refractivity contribution in [2.45, 2.75) is 26.2 Å². The number of ether oxygens (including phenoxy) is 1. The summed E-state index contributed by atoms with van der Waals surface area (Å²) in [7, 11) is 1.62. The van der Waals surface area contributed by atoms with Crippen LogP contribution in [0.2, 0.25) is 0 Å². The van der Waals surface area contributed by atoms with Crippen molar-refractivity contribution in [1.82, 2.24) is 0 Å². The summed E-state index contributed by atoms with van der Waals surface area (Å²) in [4.78, 5) is 12.2. The van der Waals surface area contributed by atoms with Crippen molar-refractivity contribution in [3.05, 3.63) is 22.7 Å². The summed E-state index contributed by atoms with van der Waals surface area (Å²) in [5.41, 5.74) is 0.776. The number of hydrogen-bond acceptors (Lipinski definition) is 2. The minimum absolute atomic E-state index is 0.119. The molecular formula is C14H18BrNO2. The van der Waals surface area contributed by atoms with E-state index in [0.717, 1.165) is 35.2 Å². The molecule has 0 saturated heterocycles. The number of amides is 1. The molecule has 0 aromatic heterocycles. The molecule has 0 radical (unpaired) electrons. The Morgan fingerprint density at radius 2 is 2.22 bits per heavy atom. The standard InChI is InChI=1S/C14H18BrNO2/c1-9-4-3-5-11(9)14(17)16-13-8-10(18-2)6-7-12(13)15/h6-9,11H,3-5H2,1-2H3,(H,16,17). The fourth-order valence-corrected chi connectivity index (χ4v) is 2.83. The van der Waals surface area contributed by atoms with Gasteiger partial charge in [0.2, 0.25) is 5.91 Å². The number of hydrogen-bond donors (Lipinski definition) is 1. The maximum absolute atomic E-state index is 12.2. The molecule has 1 N–H and O–H groups in total. The molecule has 3 nitrogen and oxygen atoms in total. The second kappa shape index (κ2) is 5.74. The summed E-state index contributed by atoms with van der Waals surface area (Å²) in [6, 6.07) is 5.58. The minimum atomic E-state index is 0.119. The van der Waals surface area contributed by atoms with Crippen molar-refractivity contribution < 1.29 is 9.53 Å². The summed E-state index contributed by atoms with van der Waals surface area (Å²) in [6.07, 6.45) is 3.30. The van der Waals surface area contributed by atoms with Crippen LogP contribution in [0.15, 0.2) is 22.7 Å². The highest BCUT2D eigenvalue weighted by Gasteiger charge is 2.29. The summed E-state index contributed by atoms with van der Waals surface area (Å²) < 4.78 is 6.04. The van der Waals surface area contributed by atoms with Gasteiger partial charge in [-0.25, -0.2) is 0 Å². The number of nitrogens with one attached hydrogen (secondary N) is 1. The Balaban J connectivity index is 2.11. The molecule has 1 aromatic rings. The lowest BCUT2D eigenvalue weighted by molar-refractivity contribution is -0.120. The molecule has 0 aliphatic heterocycles. The summed E-state index contributed by atoms with van der Waals surface area (Å²) >= 11 is 3.44. The van der Waals surface area contributed by atoms with E-state index in [9.17, 15) is 4.79 Å². The number of halogens is 1. The molecule has 2 atom stereocenters. The zero-order valence-electron chi connectivity index (χ0n) is 10.7. The summed E-state index contributed by atoms with van der Waals surface area (Å²) in [5, 5.41) is 2.99. The van der Waals surface area contributed by atoms with Gasteiger partial charge in [0.1, 0.15) is 5.75 Å². The molecule has 98 valence electrons. The molecule has 2 rings (SSSR count). The van der Waals surface area contributed by atoms with Gasteiger partial charge in [0.25, 0.3) is 0 Å². The highest BCUT2D eigenvalue weighted by Crippen LogP contribution is 2.33. The molecular weight excluding hydrogens is 294 g/mol. The van der Waals surface area contributed by atoms with Gasteiger partial charge in [0.15, 0.2) is 0 Å². The normalized spacial score (nSPS) is 22.8. The summed E-state index contributed by atoms with van der Waals surface area (Å²) in [5.74, 6) is 1.49. The zero-order chi connectivity index (χ0) is 13.1. The lowest BCUT2D eigenvalue weighted by Crippen LogP contribution is -2.24. The molecule has 2 unspecified atom stereocenters. The van der Waals surface area contributed by atoms with Crippen molar-refractivity contribution in [2.75, 3.05) is 12.4 Å². The minimum Gasteiger partial charge on any atom is -0.497 e. The molecule has 4 heteroatoms. The van der Waals surface area contributed by atoms with E-state index in [1.807, 2.05) is 18.2 Å². The van der Waals surface area contributed by atoms with Gasteiger partial charge >= 0.3 is 0 Å². The number of methoxy groups -OCH3 is 1. The van der Waals surface area contributed by atoms with E-state index in [2.05, 4.69) is 28.2 Å². The molecule has 1 saturated carbocycles. The fraction of sp³-hybridized carbons (Fsp3) is 0.500. The first-order chi connectivity index (χ1) is 8.61. The van der Waals surface area contributed by atoms with Gasteiger partial charge in [-0.3, -0.25) is 4.79 Å². The van der Waals surface area contributed by atoms with E-state index >= 15 is 0 Å². The van der Waals surface area contributed by atoms with E-state index in [4.69, 9.17) is 4.74 Å². The molecule has 0 heterocycles. The Bertz CT molecular complexity index is 447. The number of carbonyl (C=O) groups is 1. The van der Waals surface area contributed by atoms with E-state index in [-0.39, 0.29) is 11.8 Å². The molecule has 1 aromatic carbocycles. The van der Waals surface area contributed by atoms with Crippen LogP contribution in [0.25, 0.3) is 0 Å². The lowest BCUT2D eigenvalue weighted by Gasteiger charge is -2.16. The first-order valence-electron chi connectivity index (χ1n) is 6.26. The van der Waals surface area contributed by atoms with E-state index in [1.54, 1.807) is 7.11 Å². The topological polar surface area (TPSA) is 38.3 Å². The Labute approximate surface area is 116 Å². The Morgan fingerprint density at radius 3 is 2.83 bits per heavy atom.